The van der Waals surface area contributed by atoms with Crippen LogP contribution in [0.15, 0.2) is 48.0 Å². The zero-order chi connectivity index (χ0) is 19.0. The molecular weight excluding hydrogens is 366 g/mol. The Balaban J connectivity index is 1.48. The van der Waals surface area contributed by atoms with Crippen LogP contribution in [0, 0.1) is 0 Å². The maximum absolute atomic E-state index is 12.8. The lowest BCUT2D eigenvalue weighted by atomic mass is 10.1. The third kappa shape index (κ3) is 3.18. The van der Waals surface area contributed by atoms with Crippen LogP contribution in [-0.4, -0.2) is 57.1 Å². The van der Waals surface area contributed by atoms with Crippen LogP contribution in [0.2, 0.25) is 0 Å². The molecule has 8 nitrogen and oxygen atoms in total. The molecule has 140 valence electrons. The second kappa shape index (κ2) is 6.73. The molecule has 9 heteroatoms. The number of carbonyl (C=O) groups is 1. The van der Waals surface area contributed by atoms with E-state index in [1.54, 1.807) is 18.1 Å². The van der Waals surface area contributed by atoms with Gasteiger partial charge in [-0.2, -0.15) is 0 Å². The topological polar surface area (TPSA) is 98.1 Å². The van der Waals surface area contributed by atoms with E-state index in [9.17, 15) is 13.2 Å². The quantitative estimate of drug-likeness (QED) is 0.677. The summed E-state index contributed by atoms with van der Waals surface area (Å²) in [4.78, 5) is 27.0. The molecule has 0 spiro atoms. The molecule has 3 aromatic rings. The summed E-state index contributed by atoms with van der Waals surface area (Å²) >= 11 is 0. The molecule has 0 unspecified atom stereocenters. The number of para-hydroxylation sites is 2. The van der Waals surface area contributed by atoms with Gasteiger partial charge >= 0.3 is 0 Å². The number of likely N-dealkylation sites (tertiary alicyclic amines) is 1. The first-order chi connectivity index (χ1) is 13.0. The van der Waals surface area contributed by atoms with E-state index in [4.69, 9.17) is 0 Å². The summed E-state index contributed by atoms with van der Waals surface area (Å²) in [5.41, 5.74) is 1.67. The molecule has 0 bridgehead atoms. The number of hydrogen-bond acceptors (Lipinski definition) is 6. The fraction of sp³-hybridized carbons (Fsp3) is 0.333. The van der Waals surface area contributed by atoms with Gasteiger partial charge in [-0.25, -0.2) is 18.4 Å². The molecule has 0 saturated carbocycles. The van der Waals surface area contributed by atoms with E-state index in [0.717, 1.165) is 5.52 Å². The Bertz CT molecular complexity index is 1100. The minimum Gasteiger partial charge on any atom is -0.337 e. The second-order valence-corrected chi connectivity index (χ2v) is 8.72. The van der Waals surface area contributed by atoms with E-state index in [-0.39, 0.29) is 16.8 Å². The lowest BCUT2D eigenvalue weighted by Crippen LogP contribution is -2.43. The average Bonchev–Trinajstić information content (AvgIpc) is 3.14. The van der Waals surface area contributed by atoms with Gasteiger partial charge in [0.15, 0.2) is 0 Å². The van der Waals surface area contributed by atoms with Gasteiger partial charge in [-0.05, 0) is 25.0 Å². The SMILES string of the molecule is Cn1ccnc1S(=O)(=O)C1CCN(C(=O)c2cnc3ccccc3n2)CC1. The maximum Gasteiger partial charge on any atom is 0.274 e. The minimum absolute atomic E-state index is 0.0765. The van der Waals surface area contributed by atoms with Gasteiger partial charge in [-0.15, -0.1) is 0 Å². The van der Waals surface area contributed by atoms with Crippen molar-refractivity contribution in [3.63, 3.8) is 0 Å². The third-order valence-corrected chi connectivity index (χ3v) is 7.12. The van der Waals surface area contributed by atoms with Crippen molar-refractivity contribution < 1.29 is 13.2 Å². The number of carbonyl (C=O) groups excluding carboxylic acids is 1. The van der Waals surface area contributed by atoms with Crippen molar-refractivity contribution in [2.75, 3.05) is 13.1 Å². The molecule has 1 saturated heterocycles. The summed E-state index contributed by atoms with van der Waals surface area (Å²) in [6.07, 6.45) is 5.32. The van der Waals surface area contributed by atoms with Gasteiger partial charge in [-0.3, -0.25) is 9.78 Å². The van der Waals surface area contributed by atoms with Gasteiger partial charge in [0.2, 0.25) is 15.0 Å². The van der Waals surface area contributed by atoms with Crippen molar-refractivity contribution in [3.05, 3.63) is 48.5 Å². The number of aromatic nitrogens is 4. The van der Waals surface area contributed by atoms with Crippen molar-refractivity contribution in [2.45, 2.75) is 23.2 Å². The highest BCUT2D eigenvalue weighted by Gasteiger charge is 2.35. The number of rotatable bonds is 3. The molecule has 4 rings (SSSR count). The fourth-order valence-corrected chi connectivity index (χ4v) is 5.17. The number of hydrogen-bond donors (Lipinski definition) is 0. The van der Waals surface area contributed by atoms with Crippen LogP contribution in [0.1, 0.15) is 23.3 Å². The smallest absolute Gasteiger partial charge is 0.274 e. The van der Waals surface area contributed by atoms with Crippen LogP contribution in [0.25, 0.3) is 11.0 Å². The summed E-state index contributed by atoms with van der Waals surface area (Å²) in [5, 5.41) is -0.460. The maximum atomic E-state index is 12.8. The normalized spacial score (nSPS) is 16.0. The number of nitrogens with zero attached hydrogens (tertiary/aromatic N) is 5. The summed E-state index contributed by atoms with van der Waals surface area (Å²) < 4.78 is 27.0. The molecule has 1 aliphatic rings. The molecule has 1 aromatic carbocycles. The van der Waals surface area contributed by atoms with Gasteiger partial charge in [0.1, 0.15) is 5.69 Å². The van der Waals surface area contributed by atoms with Crippen molar-refractivity contribution in [3.8, 4) is 0 Å². The van der Waals surface area contributed by atoms with Gasteiger partial charge in [-0.1, -0.05) is 12.1 Å². The number of sulfone groups is 1. The Hall–Kier alpha value is -2.81. The number of imidazole rings is 1. The molecule has 1 aliphatic heterocycles. The van der Waals surface area contributed by atoms with Crippen molar-refractivity contribution in [1.29, 1.82) is 0 Å². The molecule has 3 heterocycles. The average molecular weight is 385 g/mol. The highest BCUT2D eigenvalue weighted by molar-refractivity contribution is 7.91. The van der Waals surface area contributed by atoms with Gasteiger partial charge in [0, 0.05) is 32.5 Å². The van der Waals surface area contributed by atoms with Crippen LogP contribution in [0.4, 0.5) is 0 Å². The molecule has 0 radical (unpaired) electrons. The lowest BCUT2D eigenvalue weighted by Gasteiger charge is -2.31. The molecule has 27 heavy (non-hydrogen) atoms. The first-order valence-electron chi connectivity index (χ1n) is 8.69. The molecule has 0 N–H and O–H groups in total. The highest BCUT2D eigenvalue weighted by Crippen LogP contribution is 2.24. The van der Waals surface area contributed by atoms with E-state index >= 15 is 0 Å². The second-order valence-electron chi connectivity index (χ2n) is 6.60. The van der Waals surface area contributed by atoms with Crippen LogP contribution < -0.4 is 0 Å². The van der Waals surface area contributed by atoms with Gasteiger partial charge < -0.3 is 9.47 Å². The lowest BCUT2D eigenvalue weighted by molar-refractivity contribution is 0.0719. The van der Waals surface area contributed by atoms with Crippen LogP contribution >= 0.6 is 0 Å². The predicted molar refractivity (Wildman–Crippen MR) is 98.9 cm³/mol. The summed E-state index contributed by atoms with van der Waals surface area (Å²) in [6, 6.07) is 7.36. The first kappa shape index (κ1) is 17.6. The van der Waals surface area contributed by atoms with Gasteiger partial charge in [0.05, 0.1) is 22.5 Å². The Kier molecular flexibility index (Phi) is 4.39. The van der Waals surface area contributed by atoms with Crippen molar-refractivity contribution in [1.82, 2.24) is 24.4 Å². The molecule has 0 atom stereocenters. The van der Waals surface area contributed by atoms with Crippen LogP contribution in [-0.2, 0) is 16.9 Å². The number of benzene rings is 1. The van der Waals surface area contributed by atoms with Crippen molar-refractivity contribution >= 4 is 26.8 Å². The Morgan fingerprint density at radius 1 is 1.11 bits per heavy atom. The zero-order valence-electron chi connectivity index (χ0n) is 14.8. The number of fused-ring (bicyclic) bond motifs is 1. The summed E-state index contributed by atoms with van der Waals surface area (Å²) in [6.45, 7) is 0.726. The first-order valence-corrected chi connectivity index (χ1v) is 10.2. The molecule has 0 aliphatic carbocycles. The number of piperidine rings is 1. The largest absolute Gasteiger partial charge is 0.337 e. The van der Waals surface area contributed by atoms with Crippen LogP contribution in [0.3, 0.4) is 0 Å². The predicted octanol–water partition coefficient (Wildman–Crippen LogP) is 1.44. The highest BCUT2D eigenvalue weighted by atomic mass is 32.2. The summed E-state index contributed by atoms with van der Waals surface area (Å²) in [5.74, 6) is -0.221. The fourth-order valence-electron chi connectivity index (χ4n) is 3.37. The Morgan fingerprint density at radius 3 is 2.48 bits per heavy atom. The van der Waals surface area contributed by atoms with E-state index in [2.05, 4.69) is 15.0 Å². The van der Waals surface area contributed by atoms with Crippen LogP contribution in [0.5, 0.6) is 0 Å². The van der Waals surface area contributed by atoms with E-state index in [0.29, 0.717) is 31.4 Å². The molecular formula is C18H19N5O3S. The standard InChI is InChI=1S/C18H19N5O3S/c1-22-11-8-19-18(22)27(25,26)13-6-9-23(10-7-13)17(24)16-12-20-14-4-2-3-5-15(14)21-16/h2-5,8,11-13H,6-7,9-10H2,1H3. The zero-order valence-corrected chi connectivity index (χ0v) is 15.6. The van der Waals surface area contributed by atoms with E-state index in [1.165, 1.54) is 17.0 Å². The monoisotopic (exact) mass is 385 g/mol. The number of aryl methyl sites for hydroxylation is 1. The minimum atomic E-state index is -3.51. The Morgan fingerprint density at radius 2 is 1.81 bits per heavy atom. The van der Waals surface area contributed by atoms with Gasteiger partial charge in [0.25, 0.3) is 5.91 Å². The Labute approximate surface area is 156 Å². The van der Waals surface area contributed by atoms with Crippen molar-refractivity contribution in [2.24, 2.45) is 7.05 Å². The van der Waals surface area contributed by atoms with E-state index in [1.807, 2.05) is 24.3 Å². The third-order valence-electron chi connectivity index (χ3n) is 4.87. The molecule has 1 fully saturated rings. The number of amides is 1. The molecule has 1 amide bonds. The van der Waals surface area contributed by atoms with E-state index < -0.39 is 15.1 Å². The summed E-state index contributed by atoms with van der Waals surface area (Å²) in [7, 11) is -1.84. The molecule has 2 aromatic heterocycles.